The van der Waals surface area contributed by atoms with E-state index in [1.165, 1.54) is 6.07 Å². The Kier molecular flexibility index (Phi) is 3.04. The van der Waals surface area contributed by atoms with Crippen molar-refractivity contribution in [3.8, 4) is 11.5 Å². The molecule has 0 saturated heterocycles. The Morgan fingerprint density at radius 1 is 1.29 bits per heavy atom. The van der Waals surface area contributed by atoms with Gasteiger partial charge in [0.1, 0.15) is 17.1 Å². The SMILES string of the molecule is CCOC(=O)c1cc(O)c2c(c1O)CC=CC2. The molecule has 1 aliphatic carbocycles. The minimum Gasteiger partial charge on any atom is -0.508 e. The largest absolute Gasteiger partial charge is 0.508 e. The molecule has 4 heteroatoms. The third-order valence-electron chi connectivity index (χ3n) is 2.80. The second kappa shape index (κ2) is 4.49. The molecule has 2 rings (SSSR count). The van der Waals surface area contributed by atoms with E-state index in [9.17, 15) is 15.0 Å². The number of phenolic OH excluding ortho intramolecular Hbond substituents is 2. The molecule has 0 radical (unpaired) electrons. The first-order valence-corrected chi connectivity index (χ1v) is 5.54. The molecule has 0 atom stereocenters. The summed E-state index contributed by atoms with van der Waals surface area (Å²) in [5.74, 6) is -0.663. The number of esters is 1. The summed E-state index contributed by atoms with van der Waals surface area (Å²) in [5.41, 5.74) is 1.31. The summed E-state index contributed by atoms with van der Waals surface area (Å²) in [6, 6.07) is 1.27. The van der Waals surface area contributed by atoms with Crippen molar-refractivity contribution in [3.05, 3.63) is 34.9 Å². The number of phenols is 2. The van der Waals surface area contributed by atoms with E-state index in [1.807, 2.05) is 12.2 Å². The van der Waals surface area contributed by atoms with Crippen LogP contribution in [0.3, 0.4) is 0 Å². The molecule has 0 amide bonds. The average molecular weight is 234 g/mol. The molecule has 0 aliphatic heterocycles. The summed E-state index contributed by atoms with van der Waals surface area (Å²) in [6.45, 7) is 1.92. The van der Waals surface area contributed by atoms with E-state index in [1.54, 1.807) is 6.92 Å². The minimum absolute atomic E-state index is 0.0263. The van der Waals surface area contributed by atoms with Crippen LogP contribution in [0.25, 0.3) is 0 Å². The van der Waals surface area contributed by atoms with Crippen LogP contribution in [-0.4, -0.2) is 22.8 Å². The molecule has 4 nitrogen and oxygen atoms in total. The summed E-state index contributed by atoms with van der Waals surface area (Å²) in [4.78, 5) is 11.6. The van der Waals surface area contributed by atoms with Crippen LogP contribution in [0.15, 0.2) is 18.2 Å². The quantitative estimate of drug-likeness (QED) is 0.466. The molecule has 0 fully saturated rings. The highest BCUT2D eigenvalue weighted by Gasteiger charge is 2.22. The molecule has 17 heavy (non-hydrogen) atoms. The molecule has 0 spiro atoms. The lowest BCUT2D eigenvalue weighted by molar-refractivity contribution is 0.0522. The maximum absolute atomic E-state index is 11.6. The molecule has 1 aliphatic rings. The van der Waals surface area contributed by atoms with Gasteiger partial charge in [-0.2, -0.15) is 0 Å². The van der Waals surface area contributed by atoms with Crippen LogP contribution < -0.4 is 0 Å². The predicted octanol–water partition coefficient (Wildman–Crippen LogP) is 1.93. The van der Waals surface area contributed by atoms with Crippen LogP contribution in [0.1, 0.15) is 28.4 Å². The van der Waals surface area contributed by atoms with Gasteiger partial charge in [0, 0.05) is 11.1 Å². The van der Waals surface area contributed by atoms with Crippen LogP contribution in [0, 0.1) is 0 Å². The number of carbonyl (C=O) groups excluding carboxylic acids is 1. The first kappa shape index (κ1) is 11.5. The number of ether oxygens (including phenoxy) is 1. The predicted molar refractivity (Wildman–Crippen MR) is 62.3 cm³/mol. The number of fused-ring (bicyclic) bond motifs is 1. The number of benzene rings is 1. The summed E-state index contributed by atoms with van der Waals surface area (Å²) >= 11 is 0. The summed E-state index contributed by atoms with van der Waals surface area (Å²) in [7, 11) is 0. The van der Waals surface area contributed by atoms with E-state index in [4.69, 9.17) is 4.74 Å². The van der Waals surface area contributed by atoms with Gasteiger partial charge < -0.3 is 14.9 Å². The van der Waals surface area contributed by atoms with E-state index in [0.29, 0.717) is 24.0 Å². The molecule has 1 aromatic carbocycles. The normalized spacial score (nSPS) is 13.2. The first-order chi connectivity index (χ1) is 8.15. The number of hydrogen-bond donors (Lipinski definition) is 2. The number of hydrogen-bond acceptors (Lipinski definition) is 4. The smallest absolute Gasteiger partial charge is 0.342 e. The van der Waals surface area contributed by atoms with E-state index in [-0.39, 0.29) is 23.7 Å². The van der Waals surface area contributed by atoms with Gasteiger partial charge in [-0.3, -0.25) is 0 Å². The lowest BCUT2D eigenvalue weighted by Crippen LogP contribution is -2.08. The Bertz CT molecular complexity index is 489. The van der Waals surface area contributed by atoms with Crippen LogP contribution in [0.2, 0.25) is 0 Å². The van der Waals surface area contributed by atoms with Crippen LogP contribution in [0.4, 0.5) is 0 Å². The molecule has 0 heterocycles. The van der Waals surface area contributed by atoms with E-state index in [0.717, 1.165) is 0 Å². The zero-order chi connectivity index (χ0) is 12.4. The van der Waals surface area contributed by atoms with Crippen molar-refractivity contribution >= 4 is 5.97 Å². The summed E-state index contributed by atoms with van der Waals surface area (Å²) in [6.07, 6.45) is 4.90. The highest BCUT2D eigenvalue weighted by molar-refractivity contribution is 5.94. The van der Waals surface area contributed by atoms with Crippen molar-refractivity contribution in [1.82, 2.24) is 0 Å². The molecule has 2 N–H and O–H groups in total. The molecular formula is C13H14O4. The van der Waals surface area contributed by atoms with Crippen molar-refractivity contribution in [2.45, 2.75) is 19.8 Å². The van der Waals surface area contributed by atoms with Gasteiger partial charge in [-0.25, -0.2) is 4.79 Å². The van der Waals surface area contributed by atoms with Gasteiger partial charge in [0.15, 0.2) is 0 Å². The third-order valence-corrected chi connectivity index (χ3v) is 2.80. The fourth-order valence-corrected chi connectivity index (χ4v) is 1.97. The number of aromatic hydroxyl groups is 2. The van der Waals surface area contributed by atoms with Crippen molar-refractivity contribution in [2.75, 3.05) is 6.61 Å². The highest BCUT2D eigenvalue weighted by Crippen LogP contribution is 2.36. The van der Waals surface area contributed by atoms with Gasteiger partial charge in [-0.05, 0) is 25.8 Å². The van der Waals surface area contributed by atoms with Crippen molar-refractivity contribution in [2.24, 2.45) is 0 Å². The van der Waals surface area contributed by atoms with E-state index in [2.05, 4.69) is 0 Å². The maximum Gasteiger partial charge on any atom is 0.342 e. The van der Waals surface area contributed by atoms with Gasteiger partial charge in [0.25, 0.3) is 0 Å². The van der Waals surface area contributed by atoms with E-state index < -0.39 is 5.97 Å². The standard InChI is InChI=1S/C13H14O4/c1-2-17-13(16)10-7-11(14)8-5-3-4-6-9(8)12(10)15/h3-4,7,14-15H,2,5-6H2,1H3. The fraction of sp³-hybridized carbons (Fsp3) is 0.308. The summed E-state index contributed by atoms with van der Waals surface area (Å²) < 4.78 is 4.83. The van der Waals surface area contributed by atoms with Crippen molar-refractivity contribution in [1.29, 1.82) is 0 Å². The molecule has 1 aromatic rings. The average Bonchev–Trinajstić information content (AvgIpc) is 2.34. The lowest BCUT2D eigenvalue weighted by atomic mass is 9.92. The van der Waals surface area contributed by atoms with Crippen LogP contribution >= 0.6 is 0 Å². The fourth-order valence-electron chi connectivity index (χ4n) is 1.97. The second-order valence-corrected chi connectivity index (χ2v) is 3.85. The second-order valence-electron chi connectivity index (χ2n) is 3.85. The Morgan fingerprint density at radius 3 is 2.59 bits per heavy atom. The molecule has 0 saturated carbocycles. The summed E-state index contributed by atoms with van der Waals surface area (Å²) in [5, 5.41) is 19.8. The van der Waals surface area contributed by atoms with Gasteiger partial charge in [-0.15, -0.1) is 0 Å². The minimum atomic E-state index is -0.613. The zero-order valence-corrected chi connectivity index (χ0v) is 9.56. The molecule has 0 unspecified atom stereocenters. The lowest BCUT2D eigenvalue weighted by Gasteiger charge is -2.16. The molecule has 0 bridgehead atoms. The number of allylic oxidation sites excluding steroid dienone is 2. The Hall–Kier alpha value is -1.97. The van der Waals surface area contributed by atoms with Crippen LogP contribution in [0.5, 0.6) is 11.5 Å². The third kappa shape index (κ3) is 1.98. The molecule has 90 valence electrons. The molecular weight excluding hydrogens is 220 g/mol. The first-order valence-electron chi connectivity index (χ1n) is 5.54. The van der Waals surface area contributed by atoms with Gasteiger partial charge in [-0.1, -0.05) is 12.2 Å². The zero-order valence-electron chi connectivity index (χ0n) is 9.56. The number of carbonyl (C=O) groups is 1. The Balaban J connectivity index is 2.50. The number of rotatable bonds is 2. The van der Waals surface area contributed by atoms with Gasteiger partial charge >= 0.3 is 5.97 Å². The molecule has 0 aromatic heterocycles. The van der Waals surface area contributed by atoms with Crippen molar-refractivity contribution < 1.29 is 19.7 Å². The van der Waals surface area contributed by atoms with Gasteiger partial charge in [0.05, 0.1) is 6.61 Å². The Labute approximate surface area is 99.2 Å². The monoisotopic (exact) mass is 234 g/mol. The van der Waals surface area contributed by atoms with Crippen molar-refractivity contribution in [3.63, 3.8) is 0 Å². The van der Waals surface area contributed by atoms with E-state index >= 15 is 0 Å². The van der Waals surface area contributed by atoms with Crippen LogP contribution in [-0.2, 0) is 17.6 Å². The topological polar surface area (TPSA) is 66.8 Å². The highest BCUT2D eigenvalue weighted by atomic mass is 16.5. The maximum atomic E-state index is 11.6. The Morgan fingerprint density at radius 2 is 1.94 bits per heavy atom. The van der Waals surface area contributed by atoms with Gasteiger partial charge in [0.2, 0.25) is 0 Å².